The van der Waals surface area contributed by atoms with E-state index in [1.165, 1.54) is 0 Å². The number of morpholine rings is 1. The van der Waals surface area contributed by atoms with Gasteiger partial charge in [0.15, 0.2) is 5.96 Å². The van der Waals surface area contributed by atoms with E-state index in [-0.39, 0.29) is 24.0 Å². The summed E-state index contributed by atoms with van der Waals surface area (Å²) >= 11 is 0. The standard InChI is InChI=1S/C17H28N4O2.HI/c1-15(2)14-20-17(18-6-5-16-4-3-11-23-16)19-7-8-21-9-12-22-13-10-21;/h3-4,11H,1,5-10,12-14H2,2H3,(H2,18,19,20);1H. The largest absolute Gasteiger partial charge is 0.469 e. The maximum atomic E-state index is 5.36. The Balaban J connectivity index is 0.00000288. The molecular weight excluding hydrogens is 419 g/mol. The van der Waals surface area contributed by atoms with Gasteiger partial charge in [0.2, 0.25) is 0 Å². The Hall–Kier alpha value is -1.06. The van der Waals surface area contributed by atoms with Crippen molar-refractivity contribution in [3.63, 3.8) is 0 Å². The predicted octanol–water partition coefficient (Wildman–Crippen LogP) is 1.88. The molecule has 0 bridgehead atoms. The van der Waals surface area contributed by atoms with E-state index in [2.05, 4.69) is 27.1 Å². The molecule has 7 heteroatoms. The third kappa shape index (κ3) is 8.70. The monoisotopic (exact) mass is 448 g/mol. The van der Waals surface area contributed by atoms with E-state index in [1.54, 1.807) is 6.26 Å². The second kappa shape index (κ2) is 12.3. The minimum atomic E-state index is 0. The molecule has 2 N–H and O–H groups in total. The summed E-state index contributed by atoms with van der Waals surface area (Å²) in [6, 6.07) is 3.89. The highest BCUT2D eigenvalue weighted by atomic mass is 127. The van der Waals surface area contributed by atoms with Crippen molar-refractivity contribution in [2.24, 2.45) is 4.99 Å². The van der Waals surface area contributed by atoms with E-state index in [9.17, 15) is 0 Å². The van der Waals surface area contributed by atoms with Crippen molar-refractivity contribution in [3.8, 4) is 0 Å². The Morgan fingerprint density at radius 2 is 2.04 bits per heavy atom. The normalized spacial score (nSPS) is 15.6. The number of rotatable bonds is 8. The predicted molar refractivity (Wildman–Crippen MR) is 108 cm³/mol. The molecule has 136 valence electrons. The quantitative estimate of drug-likeness (QED) is 0.275. The van der Waals surface area contributed by atoms with Crippen LogP contribution in [0.5, 0.6) is 0 Å². The summed E-state index contributed by atoms with van der Waals surface area (Å²) in [4.78, 5) is 6.94. The molecule has 1 aliphatic rings. The zero-order valence-electron chi connectivity index (χ0n) is 14.4. The van der Waals surface area contributed by atoms with Gasteiger partial charge >= 0.3 is 0 Å². The fourth-order valence-corrected chi connectivity index (χ4v) is 2.30. The molecule has 0 aliphatic carbocycles. The lowest BCUT2D eigenvalue weighted by atomic mass is 10.3. The highest BCUT2D eigenvalue weighted by molar-refractivity contribution is 14.0. The number of nitrogens with one attached hydrogen (secondary N) is 2. The Labute approximate surface area is 161 Å². The first-order valence-electron chi connectivity index (χ1n) is 8.23. The number of ether oxygens (including phenoxy) is 1. The molecule has 0 amide bonds. The SMILES string of the molecule is C=C(C)CN=C(NCCc1ccco1)NCCN1CCOCC1.I. The molecule has 24 heavy (non-hydrogen) atoms. The maximum absolute atomic E-state index is 5.36. The molecule has 0 radical (unpaired) electrons. The van der Waals surface area contributed by atoms with Crippen molar-refractivity contribution in [2.45, 2.75) is 13.3 Å². The van der Waals surface area contributed by atoms with Crippen LogP contribution < -0.4 is 10.6 Å². The van der Waals surface area contributed by atoms with Gasteiger partial charge in [0.05, 0.1) is 26.0 Å². The molecule has 0 saturated carbocycles. The van der Waals surface area contributed by atoms with E-state index in [0.29, 0.717) is 6.54 Å². The van der Waals surface area contributed by atoms with Crippen molar-refractivity contribution >= 4 is 29.9 Å². The molecule has 1 aromatic heterocycles. The van der Waals surface area contributed by atoms with Crippen molar-refractivity contribution < 1.29 is 9.15 Å². The van der Waals surface area contributed by atoms with Crippen molar-refractivity contribution in [1.29, 1.82) is 0 Å². The van der Waals surface area contributed by atoms with E-state index in [0.717, 1.165) is 69.7 Å². The van der Waals surface area contributed by atoms with Gasteiger partial charge in [-0.1, -0.05) is 12.2 Å². The van der Waals surface area contributed by atoms with Crippen molar-refractivity contribution in [2.75, 3.05) is 52.5 Å². The lowest BCUT2D eigenvalue weighted by Crippen LogP contribution is -2.44. The van der Waals surface area contributed by atoms with E-state index < -0.39 is 0 Å². The van der Waals surface area contributed by atoms with Crippen molar-refractivity contribution in [3.05, 3.63) is 36.3 Å². The smallest absolute Gasteiger partial charge is 0.191 e. The van der Waals surface area contributed by atoms with Gasteiger partial charge in [-0.25, -0.2) is 4.99 Å². The molecule has 6 nitrogen and oxygen atoms in total. The number of aliphatic imine (C=N–C) groups is 1. The highest BCUT2D eigenvalue weighted by Gasteiger charge is 2.09. The van der Waals surface area contributed by atoms with Crippen LogP contribution in [0.15, 0.2) is 40.0 Å². The van der Waals surface area contributed by atoms with Gasteiger partial charge < -0.3 is 19.8 Å². The summed E-state index contributed by atoms with van der Waals surface area (Å²) in [5.74, 6) is 1.80. The van der Waals surface area contributed by atoms with E-state index >= 15 is 0 Å². The first-order valence-corrected chi connectivity index (χ1v) is 8.23. The molecule has 1 saturated heterocycles. The summed E-state index contributed by atoms with van der Waals surface area (Å²) < 4.78 is 10.7. The maximum Gasteiger partial charge on any atom is 0.191 e. The first kappa shape index (κ1) is 21.0. The average Bonchev–Trinajstić information content (AvgIpc) is 3.06. The number of nitrogens with zero attached hydrogens (tertiary/aromatic N) is 2. The summed E-state index contributed by atoms with van der Waals surface area (Å²) in [5, 5.41) is 6.73. The third-order valence-corrected chi connectivity index (χ3v) is 3.58. The lowest BCUT2D eigenvalue weighted by Gasteiger charge is -2.26. The van der Waals surface area contributed by atoms with Crippen LogP contribution in [0.3, 0.4) is 0 Å². The Morgan fingerprint density at radius 3 is 2.71 bits per heavy atom. The topological polar surface area (TPSA) is 62.0 Å². The van der Waals surface area contributed by atoms with Crippen LogP contribution in [0, 0.1) is 0 Å². The van der Waals surface area contributed by atoms with Crippen molar-refractivity contribution in [1.82, 2.24) is 15.5 Å². The third-order valence-electron chi connectivity index (χ3n) is 3.58. The summed E-state index contributed by atoms with van der Waals surface area (Å²) in [6.07, 6.45) is 2.54. The Kier molecular flexibility index (Phi) is 10.8. The number of hydrogen-bond donors (Lipinski definition) is 2. The lowest BCUT2D eigenvalue weighted by molar-refractivity contribution is 0.0389. The van der Waals surface area contributed by atoms with Crippen LogP contribution >= 0.6 is 24.0 Å². The van der Waals surface area contributed by atoms with Gasteiger partial charge in [-0.05, 0) is 19.1 Å². The van der Waals surface area contributed by atoms with Crippen LogP contribution in [-0.2, 0) is 11.2 Å². The molecule has 0 unspecified atom stereocenters. The van der Waals surface area contributed by atoms with Gasteiger partial charge in [0.25, 0.3) is 0 Å². The molecule has 1 aromatic rings. The molecule has 2 rings (SSSR count). The second-order valence-electron chi connectivity index (χ2n) is 5.76. The van der Waals surface area contributed by atoms with Gasteiger partial charge in [0, 0.05) is 39.1 Å². The minimum absolute atomic E-state index is 0. The zero-order chi connectivity index (χ0) is 16.3. The number of hydrogen-bond acceptors (Lipinski definition) is 4. The minimum Gasteiger partial charge on any atom is -0.469 e. The zero-order valence-corrected chi connectivity index (χ0v) is 16.8. The van der Waals surface area contributed by atoms with Crippen LogP contribution in [0.2, 0.25) is 0 Å². The van der Waals surface area contributed by atoms with E-state index in [1.807, 2.05) is 19.1 Å². The number of furan rings is 1. The molecule has 0 atom stereocenters. The second-order valence-corrected chi connectivity index (χ2v) is 5.76. The van der Waals surface area contributed by atoms with Gasteiger partial charge in [-0.15, -0.1) is 24.0 Å². The Bertz CT molecular complexity index is 485. The van der Waals surface area contributed by atoms with Crippen LogP contribution in [0.4, 0.5) is 0 Å². The molecule has 0 aromatic carbocycles. The Morgan fingerprint density at radius 1 is 1.29 bits per heavy atom. The fourth-order valence-electron chi connectivity index (χ4n) is 2.30. The summed E-state index contributed by atoms with van der Waals surface area (Å²) in [6.45, 7) is 12.8. The highest BCUT2D eigenvalue weighted by Crippen LogP contribution is 1.99. The molecular formula is C17H29IN4O2. The number of guanidine groups is 1. The fraction of sp³-hybridized carbons (Fsp3) is 0.588. The van der Waals surface area contributed by atoms with Crippen LogP contribution in [0.25, 0.3) is 0 Å². The van der Waals surface area contributed by atoms with E-state index in [4.69, 9.17) is 9.15 Å². The molecule has 1 aliphatic heterocycles. The van der Waals surface area contributed by atoms with Crippen LogP contribution in [-0.4, -0.2) is 63.3 Å². The van der Waals surface area contributed by atoms with Gasteiger partial charge in [-0.3, -0.25) is 4.90 Å². The summed E-state index contributed by atoms with van der Waals surface area (Å²) in [7, 11) is 0. The molecule has 1 fully saturated rings. The first-order chi connectivity index (χ1) is 11.2. The van der Waals surface area contributed by atoms with Crippen LogP contribution in [0.1, 0.15) is 12.7 Å². The number of halogens is 1. The average molecular weight is 448 g/mol. The molecule has 2 heterocycles. The van der Waals surface area contributed by atoms with Gasteiger partial charge in [-0.2, -0.15) is 0 Å². The molecule has 0 spiro atoms. The summed E-state index contributed by atoms with van der Waals surface area (Å²) in [5.41, 5.74) is 1.05. The van der Waals surface area contributed by atoms with Gasteiger partial charge in [0.1, 0.15) is 5.76 Å².